The van der Waals surface area contributed by atoms with Gasteiger partial charge in [-0.3, -0.25) is 0 Å². The van der Waals surface area contributed by atoms with E-state index in [4.69, 9.17) is 9.05 Å². The Morgan fingerprint density at radius 3 is 1.17 bits per heavy atom. The first kappa shape index (κ1) is 25.3. The molecule has 35 valence electrons. The van der Waals surface area contributed by atoms with Crippen LogP contribution in [-0.4, -0.2) is 18.9 Å². The summed E-state index contributed by atoms with van der Waals surface area (Å²) in [6.07, 6.45) is 0. The van der Waals surface area contributed by atoms with Crippen molar-refractivity contribution in [3.05, 3.63) is 0 Å². The van der Waals surface area contributed by atoms with Gasteiger partial charge in [-0.1, -0.05) is 0 Å². The van der Waals surface area contributed by atoms with Crippen molar-refractivity contribution in [1.29, 1.82) is 0 Å². The van der Waals surface area contributed by atoms with E-state index in [0.717, 1.165) is 0 Å². The summed E-state index contributed by atoms with van der Waals surface area (Å²) in [6, 6.07) is 0. The molecule has 0 spiro atoms. The molecule has 0 aromatic rings. The maximum Gasteiger partial charge on any atom is 0 e. The average molecular weight is 299 g/mol. The van der Waals surface area contributed by atoms with Gasteiger partial charge in [-0.05, 0) is 9.05 Å². The smallest absolute Gasteiger partial charge is 0 e. The Kier molecular flexibility index (Phi) is 127. The first-order valence-electron chi connectivity index (χ1n) is 0.309. The Hall–Kier alpha value is 1.68. The molecule has 6 heteroatoms. The number of hydrogen-bond donors (Lipinski definition) is 0. The second kappa shape index (κ2) is 30.0. The third-order valence-electron chi connectivity index (χ3n) is 0. The molecular formula is HF2FeLiOTa. The van der Waals surface area contributed by atoms with Crippen molar-refractivity contribution in [1.82, 2.24) is 0 Å². The Morgan fingerprint density at radius 1 is 1.17 bits per heavy atom. The molecule has 0 aliphatic carbocycles. The average Bonchev–Trinajstić information content (AvgIpc) is 0.918. The summed E-state index contributed by atoms with van der Waals surface area (Å²) in [4.78, 5) is 0. The van der Waals surface area contributed by atoms with Gasteiger partial charge in [0.05, 0.1) is 0 Å². The van der Waals surface area contributed by atoms with Crippen LogP contribution in [0.1, 0.15) is 0 Å². The molecule has 0 aliphatic heterocycles. The van der Waals surface area contributed by atoms with Crippen LogP contribution in [-0.2, 0) is 44.6 Å². The van der Waals surface area contributed by atoms with Crippen LogP contribution in [0, 0.1) is 0 Å². The predicted molar refractivity (Wildman–Crippen MR) is 10.4 cm³/mol. The van der Waals surface area contributed by atoms with Crippen LogP contribution in [0.25, 0.3) is 0 Å². The van der Waals surface area contributed by atoms with Crippen LogP contribution >= 0.6 is 0 Å². The molecule has 1 radical (unpaired) electrons. The van der Waals surface area contributed by atoms with Crippen molar-refractivity contribution in [3.63, 3.8) is 0 Å². The Bertz CT molecular complexity index is 13.5. The summed E-state index contributed by atoms with van der Waals surface area (Å²) in [5.74, 6) is 0. The first-order valence-corrected chi connectivity index (χ1v) is 0.309. The summed E-state index contributed by atoms with van der Waals surface area (Å²) >= 11 is 0. The fourth-order valence-electron chi connectivity index (χ4n) is 0. The van der Waals surface area contributed by atoms with E-state index in [2.05, 4.69) is 0 Å². The van der Waals surface area contributed by atoms with Gasteiger partial charge in [0.15, 0.2) is 0 Å². The third-order valence-corrected chi connectivity index (χ3v) is 0. The van der Waals surface area contributed by atoms with E-state index in [9.17, 15) is 0 Å². The van der Waals surface area contributed by atoms with Crippen molar-refractivity contribution >= 4 is 18.9 Å². The van der Waals surface area contributed by atoms with Gasteiger partial charge in [0.2, 0.25) is 0 Å². The van der Waals surface area contributed by atoms with E-state index in [1.54, 1.807) is 0 Å². The van der Waals surface area contributed by atoms with E-state index in [0.29, 0.717) is 0 Å². The van der Waals surface area contributed by atoms with Crippen molar-refractivity contribution in [2.24, 2.45) is 0 Å². The summed E-state index contributed by atoms with van der Waals surface area (Å²) < 4.78 is 18.2. The zero-order chi connectivity index (χ0) is 2.71. The zero-order valence-corrected chi connectivity index (χ0v) is 6.28. The molecule has 1 nitrogen and oxygen atoms in total. The number of rotatable bonds is 0. The van der Waals surface area contributed by atoms with Gasteiger partial charge in [-0.25, -0.2) is 0 Å². The molecule has 0 saturated carbocycles. The van der Waals surface area contributed by atoms with Gasteiger partial charge in [-0.15, -0.1) is 0 Å². The second-order valence-corrected chi connectivity index (χ2v) is 0.0583. The fourth-order valence-corrected chi connectivity index (χ4v) is 0. The Balaban J connectivity index is -0.00000000667. The van der Waals surface area contributed by atoms with Crippen molar-refractivity contribution in [2.75, 3.05) is 0 Å². The van der Waals surface area contributed by atoms with Gasteiger partial charge < -0.3 is 0 Å². The van der Waals surface area contributed by atoms with Crippen molar-refractivity contribution in [2.45, 2.75) is 0 Å². The van der Waals surface area contributed by atoms with E-state index in [1.165, 1.54) is 5.15 Å². The minimum atomic E-state index is 0. The molecule has 6 heavy (non-hydrogen) atoms. The van der Waals surface area contributed by atoms with Crippen LogP contribution in [0.2, 0.25) is 0 Å². The molecule has 0 saturated heterocycles. The quantitative estimate of drug-likeness (QED) is 0.577. The summed E-state index contributed by atoms with van der Waals surface area (Å²) in [7, 11) is 0. The molecule has 0 bridgehead atoms. The summed E-state index contributed by atoms with van der Waals surface area (Å²) in [6.45, 7) is 0. The molecule has 0 amide bonds. The van der Waals surface area contributed by atoms with Gasteiger partial charge >= 0.3 is 18.9 Å². The molecule has 0 atom stereocenters. The maximum atomic E-state index is 9.12. The second-order valence-electron chi connectivity index (χ2n) is 0.0583. The monoisotopic (exact) mass is 299 g/mol. The van der Waals surface area contributed by atoms with Gasteiger partial charge in [0, 0.05) is 44.6 Å². The van der Waals surface area contributed by atoms with Gasteiger partial charge in [0.25, 0.3) is 0 Å². The third kappa shape index (κ3) is 44.2. The normalized spacial score (nSPS) is 3.00. The molecule has 0 heterocycles. The van der Waals surface area contributed by atoms with E-state index in [-0.39, 0.29) is 58.3 Å². The standard InChI is InChI=1S/F2O.Fe.Li.Ta.H/c1-3-2;;;;. The SMILES string of the molecule is FOF.[Fe].[LiH].[Ta]. The molecule has 0 rings (SSSR count). The molecule has 0 aromatic heterocycles. The summed E-state index contributed by atoms with van der Waals surface area (Å²) in [5, 5.41) is 1.25. The minimum absolute atomic E-state index is 0. The van der Waals surface area contributed by atoms with Gasteiger partial charge in [0.1, 0.15) is 0 Å². The van der Waals surface area contributed by atoms with E-state index < -0.39 is 0 Å². The van der Waals surface area contributed by atoms with E-state index >= 15 is 0 Å². The molecular weight excluding hydrogens is 298 g/mol. The van der Waals surface area contributed by atoms with Gasteiger partial charge in [-0.2, -0.15) is 0 Å². The van der Waals surface area contributed by atoms with Crippen LogP contribution in [0.5, 0.6) is 0 Å². The van der Waals surface area contributed by atoms with Crippen LogP contribution in [0.4, 0.5) is 9.05 Å². The van der Waals surface area contributed by atoms with Crippen LogP contribution in [0.3, 0.4) is 0 Å². The van der Waals surface area contributed by atoms with E-state index in [1.807, 2.05) is 0 Å². The minimum Gasteiger partial charge on any atom is 0 e. The predicted octanol–water partition coefficient (Wildman–Crippen LogP) is 0.119. The largest absolute Gasteiger partial charge is 0 e. The zero-order valence-electron chi connectivity index (χ0n) is 1.96. The molecule has 0 aliphatic rings. The topological polar surface area (TPSA) is 9.23 Å². The Labute approximate surface area is 72.1 Å². The summed E-state index contributed by atoms with van der Waals surface area (Å²) in [5.41, 5.74) is 0. The van der Waals surface area contributed by atoms with Crippen molar-refractivity contribution < 1.29 is 53.6 Å². The molecule has 0 aromatic carbocycles. The number of halogens is 2. The van der Waals surface area contributed by atoms with Crippen molar-refractivity contribution in [3.8, 4) is 0 Å². The first-order chi connectivity index (χ1) is 1.41. The molecule has 0 unspecified atom stereocenters. The van der Waals surface area contributed by atoms with Crippen LogP contribution < -0.4 is 0 Å². The number of hydrogen-bond acceptors (Lipinski definition) is 1. The molecule has 0 fully saturated rings. The maximum absolute atomic E-state index is 9.12. The fraction of sp³-hybridized carbons (Fsp3) is 0. The van der Waals surface area contributed by atoms with Crippen LogP contribution in [0.15, 0.2) is 0 Å². The Morgan fingerprint density at radius 2 is 1.17 bits per heavy atom. The molecule has 0 N–H and O–H groups in total.